The molecule has 1 unspecified atom stereocenters. The summed E-state index contributed by atoms with van der Waals surface area (Å²) in [6.07, 6.45) is 0. The number of phenolic OH excluding ortho intramolecular Hbond substituents is 1. The minimum absolute atomic E-state index is 0.0222. The zero-order chi connectivity index (χ0) is 13.0. The number of phenols is 1. The van der Waals surface area contributed by atoms with Crippen LogP contribution in [0.3, 0.4) is 0 Å². The molecule has 1 atom stereocenters. The number of rotatable bonds is 5. The second-order valence-corrected chi connectivity index (χ2v) is 5.46. The highest BCUT2D eigenvalue weighted by Gasteiger charge is 2.13. The lowest BCUT2D eigenvalue weighted by Crippen LogP contribution is -2.12. The van der Waals surface area contributed by atoms with Crippen LogP contribution in [0, 0.1) is 6.92 Å². The van der Waals surface area contributed by atoms with Crippen LogP contribution in [0.25, 0.3) is 0 Å². The van der Waals surface area contributed by atoms with Crippen molar-refractivity contribution >= 4 is 11.3 Å². The molecule has 2 aromatic rings. The van der Waals surface area contributed by atoms with E-state index in [4.69, 9.17) is 4.74 Å². The van der Waals surface area contributed by atoms with Gasteiger partial charge in [0.25, 0.3) is 0 Å². The van der Waals surface area contributed by atoms with E-state index in [9.17, 15) is 10.2 Å². The van der Waals surface area contributed by atoms with Crippen LogP contribution in [-0.2, 0) is 0 Å². The molecule has 0 spiro atoms. The van der Waals surface area contributed by atoms with Gasteiger partial charge in [-0.15, -0.1) is 11.3 Å². The molecular formula is C14H16O3S. The van der Waals surface area contributed by atoms with Gasteiger partial charge >= 0.3 is 0 Å². The molecule has 4 heteroatoms. The summed E-state index contributed by atoms with van der Waals surface area (Å²) in [5, 5.41) is 18.7. The maximum Gasteiger partial charge on any atom is 0.123 e. The molecule has 0 saturated carbocycles. The van der Waals surface area contributed by atoms with Gasteiger partial charge < -0.3 is 14.9 Å². The number of aliphatic hydroxyl groups is 1. The number of thiophene rings is 1. The fourth-order valence-electron chi connectivity index (χ4n) is 1.67. The number of hydrogen-bond acceptors (Lipinski definition) is 4. The highest BCUT2D eigenvalue weighted by atomic mass is 32.1. The predicted molar refractivity (Wildman–Crippen MR) is 72.5 cm³/mol. The van der Waals surface area contributed by atoms with E-state index in [1.165, 1.54) is 4.88 Å². The van der Waals surface area contributed by atoms with Crippen LogP contribution in [0.15, 0.2) is 36.4 Å². The minimum Gasteiger partial charge on any atom is -0.508 e. The molecule has 96 valence electrons. The number of benzene rings is 1. The van der Waals surface area contributed by atoms with Gasteiger partial charge in [-0.05, 0) is 31.2 Å². The first kappa shape index (κ1) is 12.9. The van der Waals surface area contributed by atoms with E-state index in [1.807, 2.05) is 19.1 Å². The third-order valence-corrected chi connectivity index (χ3v) is 3.82. The Morgan fingerprint density at radius 1 is 1.28 bits per heavy atom. The zero-order valence-corrected chi connectivity index (χ0v) is 11.0. The molecule has 0 aliphatic heterocycles. The summed E-state index contributed by atoms with van der Waals surface area (Å²) in [6, 6.07) is 10.7. The molecule has 2 N–H and O–H groups in total. The molecule has 2 rings (SSSR count). The SMILES string of the molecule is Cc1ccc(C(CO)COc2cccc(O)c2)s1. The van der Waals surface area contributed by atoms with Crippen LogP contribution in [0.1, 0.15) is 15.7 Å². The van der Waals surface area contributed by atoms with E-state index in [-0.39, 0.29) is 18.3 Å². The lowest BCUT2D eigenvalue weighted by Gasteiger charge is -2.14. The van der Waals surface area contributed by atoms with E-state index in [1.54, 1.807) is 35.6 Å². The Balaban J connectivity index is 1.99. The first-order valence-electron chi connectivity index (χ1n) is 5.78. The molecule has 0 amide bonds. The average molecular weight is 264 g/mol. The fourth-order valence-corrected chi connectivity index (χ4v) is 2.62. The van der Waals surface area contributed by atoms with Crippen molar-refractivity contribution in [1.29, 1.82) is 0 Å². The summed E-state index contributed by atoms with van der Waals surface area (Å²) in [5.74, 6) is 0.771. The van der Waals surface area contributed by atoms with E-state index < -0.39 is 0 Å². The van der Waals surface area contributed by atoms with Gasteiger partial charge in [0.05, 0.1) is 19.1 Å². The average Bonchev–Trinajstić information content (AvgIpc) is 2.77. The van der Waals surface area contributed by atoms with Crippen molar-refractivity contribution in [2.45, 2.75) is 12.8 Å². The summed E-state index contributed by atoms with van der Waals surface area (Å²) in [4.78, 5) is 2.34. The third kappa shape index (κ3) is 3.24. The highest BCUT2D eigenvalue weighted by molar-refractivity contribution is 7.12. The highest BCUT2D eigenvalue weighted by Crippen LogP contribution is 2.26. The Morgan fingerprint density at radius 3 is 2.72 bits per heavy atom. The van der Waals surface area contributed by atoms with Crippen LogP contribution in [0.2, 0.25) is 0 Å². The maximum atomic E-state index is 9.40. The van der Waals surface area contributed by atoms with Crippen molar-refractivity contribution in [3.63, 3.8) is 0 Å². The molecule has 1 aromatic carbocycles. The fraction of sp³-hybridized carbons (Fsp3) is 0.286. The Labute approximate surface area is 110 Å². The van der Waals surface area contributed by atoms with Crippen LogP contribution < -0.4 is 4.74 Å². The first-order chi connectivity index (χ1) is 8.69. The Morgan fingerprint density at radius 2 is 2.11 bits per heavy atom. The van der Waals surface area contributed by atoms with Gasteiger partial charge in [-0.2, -0.15) is 0 Å². The lowest BCUT2D eigenvalue weighted by molar-refractivity contribution is 0.206. The van der Waals surface area contributed by atoms with Crippen LogP contribution in [0.5, 0.6) is 11.5 Å². The smallest absolute Gasteiger partial charge is 0.123 e. The van der Waals surface area contributed by atoms with E-state index in [2.05, 4.69) is 0 Å². The Bertz CT molecular complexity index is 507. The maximum absolute atomic E-state index is 9.40. The zero-order valence-electron chi connectivity index (χ0n) is 10.2. The molecular weight excluding hydrogens is 248 g/mol. The summed E-state index contributed by atoms with van der Waals surface area (Å²) >= 11 is 1.67. The minimum atomic E-state index is -0.0222. The van der Waals surface area contributed by atoms with Crippen molar-refractivity contribution in [3.05, 3.63) is 46.2 Å². The number of aliphatic hydroxyl groups excluding tert-OH is 1. The predicted octanol–water partition coefficient (Wildman–Crippen LogP) is 2.92. The van der Waals surface area contributed by atoms with Gasteiger partial charge in [0.2, 0.25) is 0 Å². The van der Waals surface area contributed by atoms with Gasteiger partial charge in [0.1, 0.15) is 11.5 Å². The molecule has 0 aliphatic carbocycles. The molecule has 1 heterocycles. The first-order valence-corrected chi connectivity index (χ1v) is 6.59. The second-order valence-electron chi connectivity index (χ2n) is 4.14. The summed E-state index contributed by atoms with van der Waals surface area (Å²) in [5.41, 5.74) is 0. The quantitative estimate of drug-likeness (QED) is 0.873. The van der Waals surface area contributed by atoms with E-state index in [0.717, 1.165) is 4.88 Å². The molecule has 0 saturated heterocycles. The van der Waals surface area contributed by atoms with Crippen molar-refractivity contribution < 1.29 is 14.9 Å². The van der Waals surface area contributed by atoms with Gasteiger partial charge in [-0.25, -0.2) is 0 Å². The van der Waals surface area contributed by atoms with E-state index >= 15 is 0 Å². The van der Waals surface area contributed by atoms with Gasteiger partial charge in [0.15, 0.2) is 0 Å². The normalized spacial score (nSPS) is 12.3. The number of aromatic hydroxyl groups is 1. The van der Waals surface area contributed by atoms with Crippen molar-refractivity contribution in [1.82, 2.24) is 0 Å². The Hall–Kier alpha value is -1.52. The molecule has 0 radical (unpaired) electrons. The van der Waals surface area contributed by atoms with Crippen molar-refractivity contribution in [2.75, 3.05) is 13.2 Å². The van der Waals surface area contributed by atoms with E-state index in [0.29, 0.717) is 12.4 Å². The van der Waals surface area contributed by atoms with Crippen molar-refractivity contribution in [3.8, 4) is 11.5 Å². The Kier molecular flexibility index (Phi) is 4.23. The topological polar surface area (TPSA) is 49.7 Å². The second kappa shape index (κ2) is 5.89. The lowest BCUT2D eigenvalue weighted by atomic mass is 10.1. The molecule has 3 nitrogen and oxygen atoms in total. The van der Waals surface area contributed by atoms with Crippen molar-refractivity contribution in [2.24, 2.45) is 0 Å². The summed E-state index contributed by atoms with van der Waals surface area (Å²) in [6.45, 7) is 2.50. The summed E-state index contributed by atoms with van der Waals surface area (Å²) in [7, 11) is 0. The van der Waals surface area contributed by atoms with Crippen LogP contribution >= 0.6 is 11.3 Å². The number of hydrogen-bond donors (Lipinski definition) is 2. The van der Waals surface area contributed by atoms with Crippen LogP contribution in [-0.4, -0.2) is 23.4 Å². The van der Waals surface area contributed by atoms with Crippen LogP contribution in [0.4, 0.5) is 0 Å². The standard InChI is InChI=1S/C14H16O3S/c1-10-5-6-14(18-10)11(8-15)9-17-13-4-2-3-12(16)7-13/h2-7,11,15-16H,8-9H2,1H3. The van der Waals surface area contributed by atoms with Gasteiger partial charge in [-0.1, -0.05) is 6.07 Å². The largest absolute Gasteiger partial charge is 0.508 e. The number of ether oxygens (including phenoxy) is 1. The summed E-state index contributed by atoms with van der Waals surface area (Å²) < 4.78 is 5.59. The van der Waals surface area contributed by atoms with Gasteiger partial charge in [0, 0.05) is 15.8 Å². The molecule has 18 heavy (non-hydrogen) atoms. The molecule has 0 aliphatic rings. The monoisotopic (exact) mass is 264 g/mol. The molecule has 0 fully saturated rings. The third-order valence-electron chi connectivity index (χ3n) is 2.65. The molecule has 1 aromatic heterocycles. The number of aryl methyl sites for hydroxylation is 1. The van der Waals surface area contributed by atoms with Gasteiger partial charge in [-0.3, -0.25) is 0 Å². The molecule has 0 bridgehead atoms.